The third kappa shape index (κ3) is 3.94. The van der Waals surface area contributed by atoms with Crippen molar-refractivity contribution < 1.29 is 13.2 Å². The molecule has 0 spiro atoms. The van der Waals surface area contributed by atoms with Crippen molar-refractivity contribution in [2.45, 2.75) is 44.1 Å². The van der Waals surface area contributed by atoms with Gasteiger partial charge in [0.15, 0.2) is 0 Å². The molecular weight excluding hydrogens is 338 g/mol. The number of benzene rings is 1. The van der Waals surface area contributed by atoms with Gasteiger partial charge in [0.2, 0.25) is 10.0 Å². The maximum Gasteiger partial charge on any atom is 0.243 e. The van der Waals surface area contributed by atoms with E-state index in [1.807, 2.05) is 25.1 Å². The SMILES string of the molecule is CCCOC1CCCN(S(=O)(=O)c2cc(-n3cccn3)ccc2C)C1. The molecule has 1 aliphatic rings. The zero-order valence-corrected chi connectivity index (χ0v) is 15.6. The number of piperidine rings is 1. The summed E-state index contributed by atoms with van der Waals surface area (Å²) in [4.78, 5) is 0.344. The highest BCUT2D eigenvalue weighted by atomic mass is 32.2. The van der Waals surface area contributed by atoms with Crippen molar-refractivity contribution in [3.8, 4) is 5.69 Å². The van der Waals surface area contributed by atoms with Crippen LogP contribution in [0.3, 0.4) is 0 Å². The highest BCUT2D eigenvalue weighted by Crippen LogP contribution is 2.26. The van der Waals surface area contributed by atoms with Crippen LogP contribution in [0.15, 0.2) is 41.6 Å². The van der Waals surface area contributed by atoms with Gasteiger partial charge in [-0.1, -0.05) is 13.0 Å². The van der Waals surface area contributed by atoms with Gasteiger partial charge in [0, 0.05) is 32.1 Å². The van der Waals surface area contributed by atoms with Crippen LogP contribution in [0.25, 0.3) is 5.69 Å². The van der Waals surface area contributed by atoms with Gasteiger partial charge in [-0.25, -0.2) is 13.1 Å². The number of aryl methyl sites for hydroxylation is 1. The zero-order valence-electron chi connectivity index (χ0n) is 14.8. The maximum absolute atomic E-state index is 13.2. The standard InChI is InChI=1S/C18H25N3O3S/c1-3-12-24-17-6-4-10-20(14-17)25(22,23)18-13-16(8-7-15(18)2)21-11-5-9-19-21/h5,7-9,11,13,17H,3-4,6,10,12,14H2,1-2H3. The predicted octanol–water partition coefficient (Wildman–Crippen LogP) is 2.76. The minimum atomic E-state index is -3.55. The van der Waals surface area contributed by atoms with Gasteiger partial charge in [-0.3, -0.25) is 0 Å². The normalized spacial score (nSPS) is 19.2. The second-order valence-corrected chi connectivity index (χ2v) is 8.30. The number of ether oxygens (including phenoxy) is 1. The Balaban J connectivity index is 1.88. The monoisotopic (exact) mass is 363 g/mol. The van der Waals surface area contributed by atoms with Crippen LogP contribution in [0.2, 0.25) is 0 Å². The van der Waals surface area contributed by atoms with Crippen LogP contribution in [0.4, 0.5) is 0 Å². The van der Waals surface area contributed by atoms with Crippen LogP contribution in [-0.2, 0) is 14.8 Å². The quantitative estimate of drug-likeness (QED) is 0.792. The first-order valence-corrected chi connectivity index (χ1v) is 10.2. The fourth-order valence-corrected chi connectivity index (χ4v) is 4.87. The van der Waals surface area contributed by atoms with E-state index in [-0.39, 0.29) is 6.10 Å². The van der Waals surface area contributed by atoms with Crippen LogP contribution >= 0.6 is 0 Å². The van der Waals surface area contributed by atoms with Crippen LogP contribution in [0.1, 0.15) is 31.7 Å². The van der Waals surface area contributed by atoms with Crippen molar-refractivity contribution in [3.63, 3.8) is 0 Å². The first kappa shape index (κ1) is 18.1. The Bertz CT molecular complexity index is 803. The van der Waals surface area contributed by atoms with Gasteiger partial charge in [0.05, 0.1) is 16.7 Å². The highest BCUT2D eigenvalue weighted by molar-refractivity contribution is 7.89. The van der Waals surface area contributed by atoms with Gasteiger partial charge < -0.3 is 4.74 Å². The fraction of sp³-hybridized carbons (Fsp3) is 0.500. The molecule has 0 aliphatic carbocycles. The summed E-state index contributed by atoms with van der Waals surface area (Å²) < 4.78 is 35.4. The number of nitrogens with zero attached hydrogens (tertiary/aromatic N) is 3. The van der Waals surface area contributed by atoms with E-state index in [4.69, 9.17) is 4.74 Å². The smallest absolute Gasteiger partial charge is 0.243 e. The Morgan fingerprint density at radius 1 is 1.36 bits per heavy atom. The van der Waals surface area contributed by atoms with Crippen molar-refractivity contribution in [1.29, 1.82) is 0 Å². The molecule has 1 aromatic carbocycles. The van der Waals surface area contributed by atoms with E-state index in [0.29, 0.717) is 24.6 Å². The molecule has 1 aliphatic heterocycles. The summed E-state index contributed by atoms with van der Waals surface area (Å²) in [6.45, 7) is 5.52. The summed E-state index contributed by atoms with van der Waals surface area (Å²) in [6.07, 6.45) is 6.14. The van der Waals surface area contributed by atoms with Gasteiger partial charge >= 0.3 is 0 Å². The van der Waals surface area contributed by atoms with Crippen molar-refractivity contribution >= 4 is 10.0 Å². The molecule has 6 nitrogen and oxygen atoms in total. The third-order valence-electron chi connectivity index (χ3n) is 4.46. The zero-order chi connectivity index (χ0) is 17.9. The first-order valence-electron chi connectivity index (χ1n) is 8.75. The van der Waals surface area contributed by atoms with Crippen molar-refractivity contribution in [2.24, 2.45) is 0 Å². The molecule has 0 saturated carbocycles. The summed E-state index contributed by atoms with van der Waals surface area (Å²) in [7, 11) is -3.55. The summed E-state index contributed by atoms with van der Waals surface area (Å²) in [6, 6.07) is 7.23. The molecule has 1 aromatic heterocycles. The molecule has 1 unspecified atom stereocenters. The lowest BCUT2D eigenvalue weighted by atomic mass is 10.1. The second-order valence-electron chi connectivity index (χ2n) is 6.40. The summed E-state index contributed by atoms with van der Waals surface area (Å²) in [5, 5.41) is 4.19. The largest absolute Gasteiger partial charge is 0.377 e. The fourth-order valence-electron chi connectivity index (χ4n) is 3.11. The molecule has 0 bridgehead atoms. The maximum atomic E-state index is 13.2. The van der Waals surface area contributed by atoms with Gasteiger partial charge in [-0.2, -0.15) is 9.40 Å². The number of hydrogen-bond donors (Lipinski definition) is 0. The molecule has 1 fully saturated rings. The summed E-state index contributed by atoms with van der Waals surface area (Å²) in [5.74, 6) is 0. The lowest BCUT2D eigenvalue weighted by Gasteiger charge is -2.32. The Labute approximate surface area is 149 Å². The molecule has 3 rings (SSSR count). The topological polar surface area (TPSA) is 64.4 Å². The van der Waals surface area contributed by atoms with E-state index >= 15 is 0 Å². The molecular formula is C18H25N3O3S. The molecule has 0 amide bonds. The van der Waals surface area contributed by atoms with Crippen molar-refractivity contribution in [1.82, 2.24) is 14.1 Å². The molecule has 136 valence electrons. The molecule has 25 heavy (non-hydrogen) atoms. The van der Waals surface area contributed by atoms with E-state index in [1.54, 1.807) is 27.4 Å². The van der Waals surface area contributed by atoms with Crippen LogP contribution in [0, 0.1) is 6.92 Å². The van der Waals surface area contributed by atoms with Gasteiger partial charge in [-0.05, 0) is 49.9 Å². The third-order valence-corrected chi connectivity index (χ3v) is 6.46. The first-order chi connectivity index (χ1) is 12.0. The van der Waals surface area contributed by atoms with Crippen LogP contribution in [-0.4, -0.2) is 48.3 Å². The average molecular weight is 363 g/mol. The van der Waals surface area contributed by atoms with Gasteiger partial charge in [-0.15, -0.1) is 0 Å². The number of sulfonamides is 1. The molecule has 2 aromatic rings. The molecule has 1 saturated heterocycles. The molecule has 0 radical (unpaired) electrons. The van der Waals surface area contributed by atoms with E-state index in [2.05, 4.69) is 12.0 Å². The Morgan fingerprint density at radius 2 is 2.20 bits per heavy atom. The number of rotatable bonds is 6. The molecule has 7 heteroatoms. The van der Waals surface area contributed by atoms with E-state index < -0.39 is 10.0 Å². The van der Waals surface area contributed by atoms with E-state index in [1.165, 1.54) is 0 Å². The minimum Gasteiger partial charge on any atom is -0.377 e. The predicted molar refractivity (Wildman–Crippen MR) is 96.3 cm³/mol. The van der Waals surface area contributed by atoms with Crippen LogP contribution < -0.4 is 0 Å². The van der Waals surface area contributed by atoms with E-state index in [0.717, 1.165) is 30.5 Å². The minimum absolute atomic E-state index is 0.0157. The lowest BCUT2D eigenvalue weighted by molar-refractivity contribution is 0.0193. The molecule has 0 N–H and O–H groups in total. The van der Waals surface area contributed by atoms with Crippen molar-refractivity contribution in [3.05, 3.63) is 42.2 Å². The average Bonchev–Trinajstić information content (AvgIpc) is 3.15. The Kier molecular flexibility index (Phi) is 5.56. The Morgan fingerprint density at radius 3 is 2.92 bits per heavy atom. The summed E-state index contributed by atoms with van der Waals surface area (Å²) in [5.41, 5.74) is 1.48. The number of aromatic nitrogens is 2. The highest BCUT2D eigenvalue weighted by Gasteiger charge is 2.31. The molecule has 2 heterocycles. The van der Waals surface area contributed by atoms with Gasteiger partial charge in [0.1, 0.15) is 0 Å². The lowest BCUT2D eigenvalue weighted by Crippen LogP contribution is -2.43. The van der Waals surface area contributed by atoms with Crippen LogP contribution in [0.5, 0.6) is 0 Å². The second kappa shape index (κ2) is 7.68. The van der Waals surface area contributed by atoms with E-state index in [9.17, 15) is 8.42 Å². The number of hydrogen-bond acceptors (Lipinski definition) is 4. The summed E-state index contributed by atoms with van der Waals surface area (Å²) >= 11 is 0. The van der Waals surface area contributed by atoms with Gasteiger partial charge in [0.25, 0.3) is 0 Å². The Hall–Kier alpha value is -1.70. The van der Waals surface area contributed by atoms with Crippen molar-refractivity contribution in [2.75, 3.05) is 19.7 Å². The molecule has 1 atom stereocenters.